The Morgan fingerprint density at radius 3 is 2.60 bits per heavy atom. The average Bonchev–Trinajstić information content (AvgIpc) is 2.90. The summed E-state index contributed by atoms with van der Waals surface area (Å²) < 4.78 is 0. The molecular weight excluding hydrogens is 454 g/mol. The van der Waals surface area contributed by atoms with Crippen molar-refractivity contribution in [2.45, 2.75) is 43.4 Å². The second-order valence-electron chi connectivity index (χ2n) is 8.53. The van der Waals surface area contributed by atoms with E-state index in [2.05, 4.69) is 79.0 Å². The summed E-state index contributed by atoms with van der Waals surface area (Å²) in [7, 11) is 2.04. The third-order valence-electron chi connectivity index (χ3n) is 5.99. The van der Waals surface area contributed by atoms with E-state index in [0.29, 0.717) is 5.92 Å². The molecular formula is C29H33N3O2S. The van der Waals surface area contributed by atoms with E-state index in [1.807, 2.05) is 37.0 Å². The highest BCUT2D eigenvalue weighted by molar-refractivity contribution is 7.98. The lowest BCUT2D eigenvalue weighted by atomic mass is 9.96. The first-order chi connectivity index (χ1) is 16.9. The van der Waals surface area contributed by atoms with Crippen molar-refractivity contribution in [1.82, 2.24) is 5.48 Å². The van der Waals surface area contributed by atoms with E-state index in [4.69, 9.17) is 5.21 Å². The quantitative estimate of drug-likeness (QED) is 0.101. The lowest BCUT2D eigenvalue weighted by molar-refractivity contribution is -0.124. The minimum atomic E-state index is -0.582. The highest BCUT2D eigenvalue weighted by Gasteiger charge is 2.14. The summed E-state index contributed by atoms with van der Waals surface area (Å²) in [5.74, 6) is 0.853. The maximum atomic E-state index is 11.3. The predicted molar refractivity (Wildman–Crippen MR) is 148 cm³/mol. The van der Waals surface area contributed by atoms with Gasteiger partial charge in [-0.1, -0.05) is 62.4 Å². The molecule has 5 nitrogen and oxygen atoms in total. The zero-order chi connectivity index (χ0) is 25.2. The van der Waals surface area contributed by atoms with E-state index in [1.165, 1.54) is 27.7 Å². The van der Waals surface area contributed by atoms with E-state index in [9.17, 15) is 4.79 Å². The summed E-state index contributed by atoms with van der Waals surface area (Å²) in [5.41, 5.74) is 8.04. The standard InChI is InChI=1S/C29H33N3O2S/c1-5-21(2)25-17-24(12-15-28(25)35-20-23-9-7-6-8-10-23)19-32(4)27-14-11-22(18-26(27)30-3)13-16-29(33)31-34/h6-18,21,34H,3,5,19-20H2,1-2,4H3,(H,31,33)/b16-13+. The smallest absolute Gasteiger partial charge is 0.267 e. The second-order valence-corrected chi connectivity index (χ2v) is 9.54. The van der Waals surface area contributed by atoms with E-state index in [1.54, 1.807) is 11.6 Å². The van der Waals surface area contributed by atoms with Crippen LogP contribution in [-0.2, 0) is 17.1 Å². The monoisotopic (exact) mass is 487 g/mol. The first-order valence-electron chi connectivity index (χ1n) is 11.7. The number of carbonyl (C=O) groups is 1. The van der Waals surface area contributed by atoms with Crippen molar-refractivity contribution < 1.29 is 10.0 Å². The molecule has 0 aliphatic heterocycles. The number of thioether (sulfide) groups is 1. The number of hydrogen-bond acceptors (Lipinski definition) is 5. The number of nitrogens with zero attached hydrogens (tertiary/aromatic N) is 2. The van der Waals surface area contributed by atoms with Crippen LogP contribution >= 0.6 is 11.8 Å². The van der Waals surface area contributed by atoms with E-state index in [0.717, 1.165) is 35.7 Å². The molecule has 0 heterocycles. The van der Waals surface area contributed by atoms with Gasteiger partial charge in [-0.05, 0) is 65.6 Å². The molecule has 0 aromatic heterocycles. The Kier molecular flexibility index (Phi) is 9.70. The molecule has 0 aliphatic rings. The summed E-state index contributed by atoms with van der Waals surface area (Å²) in [6, 6.07) is 23.1. The van der Waals surface area contributed by atoms with Gasteiger partial charge in [-0.2, -0.15) is 0 Å². The number of nitrogens with one attached hydrogen (secondary N) is 1. The van der Waals surface area contributed by atoms with E-state index >= 15 is 0 Å². The first-order valence-corrected chi connectivity index (χ1v) is 12.7. The third kappa shape index (κ3) is 7.31. The zero-order valence-electron chi connectivity index (χ0n) is 20.6. The van der Waals surface area contributed by atoms with Crippen LogP contribution in [0.4, 0.5) is 11.4 Å². The average molecular weight is 488 g/mol. The molecule has 3 aromatic carbocycles. The fourth-order valence-corrected chi connectivity index (χ4v) is 4.94. The summed E-state index contributed by atoms with van der Waals surface area (Å²) in [6.45, 7) is 8.97. The first kappa shape index (κ1) is 26.3. The van der Waals surface area contributed by atoms with Crippen LogP contribution in [0.1, 0.15) is 48.4 Å². The van der Waals surface area contributed by atoms with Gasteiger partial charge in [-0.15, -0.1) is 11.8 Å². The molecule has 0 saturated carbocycles. The van der Waals surface area contributed by atoms with Gasteiger partial charge >= 0.3 is 0 Å². The Morgan fingerprint density at radius 2 is 1.91 bits per heavy atom. The fourth-order valence-electron chi connectivity index (χ4n) is 3.83. The summed E-state index contributed by atoms with van der Waals surface area (Å²) in [6.07, 6.45) is 3.97. The minimum absolute atomic E-state index is 0.478. The summed E-state index contributed by atoms with van der Waals surface area (Å²) >= 11 is 1.90. The molecule has 2 N–H and O–H groups in total. The molecule has 1 amide bonds. The van der Waals surface area contributed by atoms with Gasteiger partial charge in [0.2, 0.25) is 0 Å². The number of aliphatic imine (C=N–C) groups is 1. The number of hydroxylamine groups is 1. The molecule has 35 heavy (non-hydrogen) atoms. The Bertz CT molecular complexity index is 1180. The van der Waals surface area contributed by atoms with Crippen LogP contribution in [0.15, 0.2) is 82.7 Å². The zero-order valence-corrected chi connectivity index (χ0v) is 21.4. The molecule has 0 fully saturated rings. The van der Waals surface area contributed by atoms with Crippen LogP contribution < -0.4 is 10.4 Å². The second kappa shape index (κ2) is 12.9. The predicted octanol–water partition coefficient (Wildman–Crippen LogP) is 6.98. The number of rotatable bonds is 11. The molecule has 182 valence electrons. The van der Waals surface area contributed by atoms with Crippen LogP contribution in [0.25, 0.3) is 6.08 Å². The molecule has 0 aliphatic carbocycles. The maximum absolute atomic E-state index is 11.3. The fraction of sp³-hybridized carbons (Fsp3) is 0.241. The van der Waals surface area contributed by atoms with Crippen molar-refractivity contribution in [2.75, 3.05) is 11.9 Å². The van der Waals surface area contributed by atoms with Crippen molar-refractivity contribution in [3.63, 3.8) is 0 Å². The Hall–Kier alpha value is -3.35. The maximum Gasteiger partial charge on any atom is 0.267 e. The molecule has 0 radical (unpaired) electrons. The molecule has 1 unspecified atom stereocenters. The lowest BCUT2D eigenvalue weighted by Gasteiger charge is -2.23. The van der Waals surface area contributed by atoms with Crippen molar-refractivity contribution in [3.05, 3.63) is 95.1 Å². The molecule has 6 heteroatoms. The van der Waals surface area contributed by atoms with Crippen molar-refractivity contribution >= 4 is 41.8 Å². The van der Waals surface area contributed by atoms with Crippen LogP contribution in [0.5, 0.6) is 0 Å². The van der Waals surface area contributed by atoms with Gasteiger partial charge in [-0.3, -0.25) is 15.0 Å². The van der Waals surface area contributed by atoms with Crippen LogP contribution in [0.3, 0.4) is 0 Å². The molecule has 0 spiro atoms. The molecule has 0 saturated heterocycles. The van der Waals surface area contributed by atoms with Crippen molar-refractivity contribution in [2.24, 2.45) is 4.99 Å². The Balaban J connectivity index is 1.79. The molecule has 0 bridgehead atoms. The van der Waals surface area contributed by atoms with Crippen LogP contribution in [-0.4, -0.2) is 24.9 Å². The van der Waals surface area contributed by atoms with Crippen LogP contribution in [0.2, 0.25) is 0 Å². The van der Waals surface area contributed by atoms with E-state index < -0.39 is 5.91 Å². The largest absolute Gasteiger partial charge is 0.369 e. The topological polar surface area (TPSA) is 64.9 Å². The van der Waals surface area contributed by atoms with Gasteiger partial charge in [0.15, 0.2) is 0 Å². The number of benzene rings is 3. The molecule has 3 rings (SSSR count). The Morgan fingerprint density at radius 1 is 1.14 bits per heavy atom. The highest BCUT2D eigenvalue weighted by atomic mass is 32.2. The van der Waals surface area contributed by atoms with Crippen molar-refractivity contribution in [1.29, 1.82) is 0 Å². The number of carbonyl (C=O) groups excluding carboxylic acids is 1. The summed E-state index contributed by atoms with van der Waals surface area (Å²) in [5, 5.41) is 8.65. The highest BCUT2D eigenvalue weighted by Crippen LogP contribution is 2.35. The number of anilines is 1. The molecule has 1 atom stereocenters. The number of amides is 1. The minimum Gasteiger partial charge on any atom is -0.369 e. The van der Waals surface area contributed by atoms with Gasteiger partial charge in [0.25, 0.3) is 5.91 Å². The van der Waals surface area contributed by atoms with Gasteiger partial charge < -0.3 is 4.90 Å². The molecule has 3 aromatic rings. The number of hydrogen-bond donors (Lipinski definition) is 2. The SMILES string of the molecule is C=Nc1cc(/C=C/C(=O)NO)ccc1N(C)Cc1ccc(SCc2ccccc2)c(C(C)CC)c1. The third-order valence-corrected chi connectivity index (χ3v) is 7.15. The summed E-state index contributed by atoms with van der Waals surface area (Å²) in [4.78, 5) is 18.9. The van der Waals surface area contributed by atoms with Gasteiger partial charge in [0, 0.05) is 30.3 Å². The Labute approximate surface area is 212 Å². The van der Waals surface area contributed by atoms with Gasteiger partial charge in [0.05, 0.1) is 11.4 Å². The van der Waals surface area contributed by atoms with Gasteiger partial charge in [-0.25, -0.2) is 5.48 Å². The lowest BCUT2D eigenvalue weighted by Crippen LogP contribution is -2.17. The van der Waals surface area contributed by atoms with Crippen molar-refractivity contribution in [3.8, 4) is 0 Å². The van der Waals surface area contributed by atoms with Crippen LogP contribution in [0, 0.1) is 0 Å². The van der Waals surface area contributed by atoms with E-state index in [-0.39, 0.29) is 0 Å². The normalized spacial score (nSPS) is 11.9. The van der Waals surface area contributed by atoms with Gasteiger partial charge in [0.1, 0.15) is 0 Å².